The van der Waals surface area contributed by atoms with Crippen molar-refractivity contribution in [1.82, 2.24) is 9.78 Å². The molecule has 0 bridgehead atoms. The van der Waals surface area contributed by atoms with E-state index in [2.05, 4.69) is 5.10 Å². The van der Waals surface area contributed by atoms with Crippen LogP contribution >= 0.6 is 11.3 Å². The maximum atomic E-state index is 13.0. The zero-order chi connectivity index (χ0) is 21.0. The van der Waals surface area contributed by atoms with Crippen LogP contribution in [0.4, 0.5) is 5.00 Å². The Morgan fingerprint density at radius 2 is 1.97 bits per heavy atom. The first-order valence-corrected chi connectivity index (χ1v) is 9.64. The molecule has 0 aliphatic heterocycles. The SMILES string of the molecule is CCOOC=c1[nH]n(-c2ccc(C(=O)O)cc2)c(=O)c1=Cc1ccc(N(C)C)s1. The monoisotopic (exact) mass is 415 g/mol. The molecule has 2 heterocycles. The number of rotatable bonds is 7. The van der Waals surface area contributed by atoms with Crippen LogP contribution in [0.25, 0.3) is 18.0 Å². The van der Waals surface area contributed by atoms with Gasteiger partial charge in [0.05, 0.1) is 28.1 Å². The number of nitrogens with zero attached hydrogens (tertiary/aromatic N) is 2. The number of carbonyl (C=O) groups is 1. The molecule has 0 saturated carbocycles. The van der Waals surface area contributed by atoms with Crippen LogP contribution in [0.5, 0.6) is 0 Å². The molecule has 1 aromatic carbocycles. The Kier molecular flexibility index (Phi) is 6.20. The average Bonchev–Trinajstić information content (AvgIpc) is 3.29. The molecule has 2 aromatic heterocycles. The van der Waals surface area contributed by atoms with Crippen LogP contribution in [-0.4, -0.2) is 41.6 Å². The first-order chi connectivity index (χ1) is 13.9. The smallest absolute Gasteiger partial charge is 0.335 e. The second kappa shape index (κ2) is 8.80. The summed E-state index contributed by atoms with van der Waals surface area (Å²) in [5.41, 5.74) is 0.353. The summed E-state index contributed by atoms with van der Waals surface area (Å²) < 4.78 is 1.33. The van der Waals surface area contributed by atoms with Crippen LogP contribution in [0.15, 0.2) is 41.2 Å². The minimum atomic E-state index is -1.03. The lowest BCUT2D eigenvalue weighted by Gasteiger charge is -2.06. The molecule has 8 nitrogen and oxygen atoms in total. The normalized spacial score (nSPS) is 12.4. The first-order valence-electron chi connectivity index (χ1n) is 8.83. The van der Waals surface area contributed by atoms with E-state index < -0.39 is 5.97 Å². The number of H-pyrrole nitrogens is 1. The fourth-order valence-corrected chi connectivity index (χ4v) is 3.46. The molecular weight excluding hydrogens is 394 g/mol. The first kappa shape index (κ1) is 20.4. The van der Waals surface area contributed by atoms with Gasteiger partial charge in [-0.25, -0.2) is 9.48 Å². The molecule has 0 radical (unpaired) electrons. The van der Waals surface area contributed by atoms with Crippen LogP contribution in [0.2, 0.25) is 0 Å². The minimum absolute atomic E-state index is 0.140. The fourth-order valence-electron chi connectivity index (χ4n) is 2.58. The number of carboxylic acid groups (broad SMARTS) is 1. The van der Waals surface area contributed by atoms with E-state index in [4.69, 9.17) is 14.9 Å². The van der Waals surface area contributed by atoms with Crippen molar-refractivity contribution in [1.29, 1.82) is 0 Å². The van der Waals surface area contributed by atoms with Gasteiger partial charge in [-0.3, -0.25) is 9.89 Å². The van der Waals surface area contributed by atoms with Crippen LogP contribution in [-0.2, 0) is 9.78 Å². The van der Waals surface area contributed by atoms with Crippen molar-refractivity contribution in [3.8, 4) is 5.69 Å². The number of hydrogen-bond acceptors (Lipinski definition) is 6. The number of carboxylic acids is 1. The van der Waals surface area contributed by atoms with Gasteiger partial charge in [-0.15, -0.1) is 11.3 Å². The van der Waals surface area contributed by atoms with E-state index in [1.807, 2.05) is 31.1 Å². The molecule has 9 heteroatoms. The topological polar surface area (TPSA) is 96.8 Å². The lowest BCUT2D eigenvalue weighted by Crippen LogP contribution is -2.34. The molecule has 0 spiro atoms. The second-order valence-electron chi connectivity index (χ2n) is 6.27. The van der Waals surface area contributed by atoms with E-state index in [1.54, 1.807) is 36.5 Å². The number of aromatic carboxylic acids is 1. The number of hydrogen-bond donors (Lipinski definition) is 2. The van der Waals surface area contributed by atoms with E-state index in [0.717, 1.165) is 9.88 Å². The van der Waals surface area contributed by atoms with Gasteiger partial charge in [-0.05, 0) is 49.4 Å². The summed E-state index contributed by atoms with van der Waals surface area (Å²) >= 11 is 1.55. The van der Waals surface area contributed by atoms with E-state index in [0.29, 0.717) is 22.9 Å². The van der Waals surface area contributed by atoms with Gasteiger partial charge in [0.1, 0.15) is 5.35 Å². The number of aromatic amines is 1. The summed E-state index contributed by atoms with van der Waals surface area (Å²) in [6.45, 7) is 2.14. The van der Waals surface area contributed by atoms with Gasteiger partial charge < -0.3 is 14.9 Å². The molecule has 0 fully saturated rings. The van der Waals surface area contributed by atoms with Crippen molar-refractivity contribution < 1.29 is 19.7 Å². The van der Waals surface area contributed by atoms with Gasteiger partial charge in [0.15, 0.2) is 6.26 Å². The highest BCUT2D eigenvalue weighted by atomic mass is 32.1. The van der Waals surface area contributed by atoms with Crippen molar-refractivity contribution in [2.45, 2.75) is 6.92 Å². The predicted octanol–water partition coefficient (Wildman–Crippen LogP) is 1.53. The van der Waals surface area contributed by atoms with Crippen LogP contribution in [0.1, 0.15) is 22.2 Å². The molecule has 0 aliphatic rings. The molecule has 2 N–H and O–H groups in total. The molecule has 152 valence electrons. The third kappa shape index (κ3) is 4.58. The number of anilines is 1. The summed E-state index contributed by atoms with van der Waals surface area (Å²) in [5, 5.41) is 13.9. The fraction of sp³-hybridized carbons (Fsp3) is 0.200. The van der Waals surface area contributed by atoms with Crippen LogP contribution < -0.4 is 21.0 Å². The molecule has 0 atom stereocenters. The van der Waals surface area contributed by atoms with Crippen molar-refractivity contribution in [2.75, 3.05) is 25.6 Å². The standard InChI is InChI=1S/C20H21N3O5S/c1-4-27-28-12-17-16(11-15-9-10-18(29-15)22(2)3)19(24)23(21-17)14-7-5-13(6-8-14)20(25)26/h5-12,21H,4H2,1-3H3,(H,25,26). The summed E-state index contributed by atoms with van der Waals surface area (Å²) in [4.78, 5) is 36.9. The molecule has 0 saturated heterocycles. The molecule has 0 aliphatic carbocycles. The highest BCUT2D eigenvalue weighted by Crippen LogP contribution is 2.24. The maximum absolute atomic E-state index is 13.0. The summed E-state index contributed by atoms with van der Waals surface area (Å²) in [6, 6.07) is 9.92. The quantitative estimate of drug-likeness (QED) is 0.345. The van der Waals surface area contributed by atoms with Gasteiger partial charge in [0.2, 0.25) is 0 Å². The van der Waals surface area contributed by atoms with Crippen LogP contribution in [0, 0.1) is 0 Å². The largest absolute Gasteiger partial charge is 0.478 e. The Morgan fingerprint density at radius 1 is 1.24 bits per heavy atom. The Hall–Kier alpha value is -3.30. The number of aromatic nitrogens is 2. The molecule has 3 rings (SSSR count). The van der Waals surface area contributed by atoms with E-state index in [1.165, 1.54) is 23.1 Å². The third-order valence-corrected chi connectivity index (χ3v) is 5.22. The highest BCUT2D eigenvalue weighted by Gasteiger charge is 2.09. The van der Waals surface area contributed by atoms with E-state index >= 15 is 0 Å². The second-order valence-corrected chi connectivity index (χ2v) is 7.36. The van der Waals surface area contributed by atoms with Gasteiger partial charge in [-0.2, -0.15) is 4.89 Å². The lowest BCUT2D eigenvalue weighted by molar-refractivity contribution is -0.224. The molecule has 29 heavy (non-hydrogen) atoms. The maximum Gasteiger partial charge on any atom is 0.335 e. The summed E-state index contributed by atoms with van der Waals surface area (Å²) in [7, 11) is 3.91. The summed E-state index contributed by atoms with van der Waals surface area (Å²) in [5.74, 6) is -1.03. The number of thiophene rings is 1. The van der Waals surface area contributed by atoms with Gasteiger partial charge >= 0.3 is 5.97 Å². The third-order valence-electron chi connectivity index (χ3n) is 4.02. The van der Waals surface area contributed by atoms with Crippen molar-refractivity contribution in [2.24, 2.45) is 0 Å². The minimum Gasteiger partial charge on any atom is -0.478 e. The van der Waals surface area contributed by atoms with Gasteiger partial charge in [0.25, 0.3) is 5.56 Å². The zero-order valence-corrected chi connectivity index (χ0v) is 17.0. The molecule has 3 aromatic rings. The van der Waals surface area contributed by atoms with E-state index in [-0.39, 0.29) is 11.1 Å². The Bertz CT molecular complexity index is 1170. The Morgan fingerprint density at radius 3 is 2.55 bits per heavy atom. The number of benzene rings is 1. The molecule has 0 amide bonds. The lowest BCUT2D eigenvalue weighted by atomic mass is 10.2. The zero-order valence-electron chi connectivity index (χ0n) is 16.2. The number of nitrogens with one attached hydrogen (secondary N) is 1. The van der Waals surface area contributed by atoms with Crippen molar-refractivity contribution in [3.05, 3.63) is 67.8 Å². The average molecular weight is 415 g/mol. The molecular formula is C20H21N3O5S. The van der Waals surface area contributed by atoms with Gasteiger partial charge in [0, 0.05) is 19.0 Å². The van der Waals surface area contributed by atoms with Gasteiger partial charge in [-0.1, -0.05) is 0 Å². The van der Waals surface area contributed by atoms with Crippen molar-refractivity contribution >= 4 is 34.6 Å². The summed E-state index contributed by atoms with van der Waals surface area (Å²) in [6.07, 6.45) is 3.11. The predicted molar refractivity (Wildman–Crippen MR) is 112 cm³/mol. The highest BCUT2D eigenvalue weighted by molar-refractivity contribution is 7.16. The Labute approximate surface area is 170 Å². The van der Waals surface area contributed by atoms with Crippen molar-refractivity contribution in [3.63, 3.8) is 0 Å². The van der Waals surface area contributed by atoms with E-state index in [9.17, 15) is 9.59 Å². The van der Waals surface area contributed by atoms with Crippen LogP contribution in [0.3, 0.4) is 0 Å². The Balaban J connectivity index is 2.13. The molecule has 0 unspecified atom stereocenters.